The zero-order valence-corrected chi connectivity index (χ0v) is 18.7. The molecule has 0 spiro atoms. The topological polar surface area (TPSA) is 66.0 Å². The fraction of sp³-hybridized carbons (Fsp3) is 0.600. The van der Waals surface area contributed by atoms with E-state index in [1.165, 1.54) is 12.8 Å². The summed E-state index contributed by atoms with van der Waals surface area (Å²) in [4.78, 5) is 19.2. The number of nitrogens with zero attached hydrogens (tertiary/aromatic N) is 2. The van der Waals surface area contributed by atoms with Gasteiger partial charge in [-0.15, -0.1) is 24.0 Å². The van der Waals surface area contributed by atoms with Crippen molar-refractivity contribution in [2.24, 2.45) is 4.99 Å². The number of ether oxygens (including phenoxy) is 1. The zero-order chi connectivity index (χ0) is 18.5. The molecule has 2 atom stereocenters. The number of carbonyl (C=O) groups excluding carboxylic acids is 1. The van der Waals surface area contributed by atoms with Gasteiger partial charge in [0.05, 0.1) is 18.8 Å². The molecule has 2 fully saturated rings. The number of benzene rings is 1. The third kappa shape index (κ3) is 6.64. The van der Waals surface area contributed by atoms with Crippen molar-refractivity contribution in [2.45, 2.75) is 58.4 Å². The maximum Gasteiger partial charge on any atom is 0.254 e. The molecule has 1 heterocycles. The average Bonchev–Trinajstić information content (AvgIpc) is 3.43. The molecule has 2 unspecified atom stereocenters. The van der Waals surface area contributed by atoms with Crippen LogP contribution in [0, 0.1) is 0 Å². The number of guanidine groups is 1. The number of nitrogens with one attached hydrogen (secondary N) is 2. The molecule has 1 amide bonds. The Morgan fingerprint density at radius 1 is 1.19 bits per heavy atom. The minimum Gasteiger partial charge on any atom is -0.372 e. The number of hydrogen-bond donors (Lipinski definition) is 2. The Kier molecular flexibility index (Phi) is 8.34. The largest absolute Gasteiger partial charge is 0.372 e. The van der Waals surface area contributed by atoms with Crippen LogP contribution in [0.5, 0.6) is 0 Å². The summed E-state index contributed by atoms with van der Waals surface area (Å²) in [7, 11) is 0. The van der Waals surface area contributed by atoms with Crippen LogP contribution in [0.4, 0.5) is 0 Å². The van der Waals surface area contributed by atoms with Crippen molar-refractivity contribution >= 4 is 35.8 Å². The first-order chi connectivity index (χ1) is 12.5. The molecule has 0 radical (unpaired) electrons. The van der Waals surface area contributed by atoms with Gasteiger partial charge in [-0.05, 0) is 51.3 Å². The molecule has 27 heavy (non-hydrogen) atoms. The van der Waals surface area contributed by atoms with Gasteiger partial charge in [-0.25, -0.2) is 4.99 Å². The van der Waals surface area contributed by atoms with Crippen LogP contribution < -0.4 is 10.6 Å². The number of morpholine rings is 1. The lowest BCUT2D eigenvalue weighted by Gasteiger charge is -2.35. The molecule has 2 aliphatic rings. The van der Waals surface area contributed by atoms with E-state index in [1.807, 2.05) is 43.0 Å². The second kappa shape index (κ2) is 10.3. The third-order valence-electron chi connectivity index (χ3n) is 4.59. The van der Waals surface area contributed by atoms with Gasteiger partial charge in [-0.3, -0.25) is 4.79 Å². The van der Waals surface area contributed by atoms with Crippen LogP contribution in [0.3, 0.4) is 0 Å². The van der Waals surface area contributed by atoms with Gasteiger partial charge in [-0.2, -0.15) is 0 Å². The molecule has 7 heteroatoms. The molecule has 2 N–H and O–H groups in total. The molecular weight excluding hydrogens is 455 g/mol. The first-order valence-corrected chi connectivity index (χ1v) is 9.63. The van der Waals surface area contributed by atoms with Crippen molar-refractivity contribution in [2.75, 3.05) is 19.6 Å². The van der Waals surface area contributed by atoms with Crippen LogP contribution in [0.25, 0.3) is 0 Å². The van der Waals surface area contributed by atoms with Crippen molar-refractivity contribution in [3.63, 3.8) is 0 Å². The van der Waals surface area contributed by atoms with Crippen molar-refractivity contribution in [3.05, 3.63) is 35.4 Å². The second-order valence-electron chi connectivity index (χ2n) is 7.28. The van der Waals surface area contributed by atoms with Gasteiger partial charge in [0.15, 0.2) is 5.96 Å². The van der Waals surface area contributed by atoms with E-state index < -0.39 is 0 Å². The SMILES string of the molecule is CCNC(=NCc1ccc(C(=O)N2CC(C)OC(C)C2)cc1)NC1CC1.I. The number of aliphatic imine (C=N–C) groups is 1. The van der Waals surface area contributed by atoms with E-state index in [-0.39, 0.29) is 42.1 Å². The normalized spacial score (nSPS) is 22.8. The van der Waals surface area contributed by atoms with E-state index in [9.17, 15) is 4.79 Å². The molecule has 1 saturated carbocycles. The van der Waals surface area contributed by atoms with Crippen molar-refractivity contribution in [3.8, 4) is 0 Å². The highest BCUT2D eigenvalue weighted by molar-refractivity contribution is 14.0. The van der Waals surface area contributed by atoms with Gasteiger partial charge in [0, 0.05) is 31.2 Å². The first-order valence-electron chi connectivity index (χ1n) is 9.63. The minimum absolute atomic E-state index is 0. The molecule has 3 rings (SSSR count). The highest BCUT2D eigenvalue weighted by Crippen LogP contribution is 2.18. The van der Waals surface area contributed by atoms with Gasteiger partial charge < -0.3 is 20.3 Å². The summed E-state index contributed by atoms with van der Waals surface area (Å²) in [5.41, 5.74) is 1.82. The Morgan fingerprint density at radius 2 is 1.81 bits per heavy atom. The van der Waals surface area contributed by atoms with Crippen LogP contribution in [0.2, 0.25) is 0 Å². The number of rotatable bonds is 5. The minimum atomic E-state index is 0. The Morgan fingerprint density at radius 3 is 2.37 bits per heavy atom. The summed E-state index contributed by atoms with van der Waals surface area (Å²) in [6, 6.07) is 8.36. The number of halogens is 1. The lowest BCUT2D eigenvalue weighted by atomic mass is 10.1. The Labute approximate surface area is 179 Å². The van der Waals surface area contributed by atoms with E-state index in [4.69, 9.17) is 4.74 Å². The summed E-state index contributed by atoms with van der Waals surface area (Å²) >= 11 is 0. The quantitative estimate of drug-likeness (QED) is 0.382. The molecule has 1 aliphatic carbocycles. The molecule has 150 valence electrons. The van der Waals surface area contributed by atoms with Crippen LogP contribution in [0.15, 0.2) is 29.3 Å². The van der Waals surface area contributed by atoms with Gasteiger partial charge >= 0.3 is 0 Å². The van der Waals surface area contributed by atoms with E-state index in [0.717, 1.165) is 23.6 Å². The van der Waals surface area contributed by atoms with Crippen LogP contribution in [-0.2, 0) is 11.3 Å². The fourth-order valence-electron chi connectivity index (χ4n) is 3.19. The monoisotopic (exact) mass is 486 g/mol. The summed E-state index contributed by atoms with van der Waals surface area (Å²) in [5, 5.41) is 6.68. The number of hydrogen-bond acceptors (Lipinski definition) is 3. The number of carbonyl (C=O) groups is 1. The smallest absolute Gasteiger partial charge is 0.254 e. The number of amides is 1. The highest BCUT2D eigenvalue weighted by atomic mass is 127. The summed E-state index contributed by atoms with van der Waals surface area (Å²) < 4.78 is 5.71. The van der Waals surface area contributed by atoms with Crippen LogP contribution >= 0.6 is 24.0 Å². The lowest BCUT2D eigenvalue weighted by molar-refractivity contribution is -0.0586. The van der Waals surface area contributed by atoms with E-state index in [2.05, 4.69) is 22.5 Å². The lowest BCUT2D eigenvalue weighted by Crippen LogP contribution is -2.48. The molecule has 1 saturated heterocycles. The van der Waals surface area contributed by atoms with Crippen LogP contribution in [0.1, 0.15) is 49.5 Å². The Bertz CT molecular complexity index is 636. The maximum absolute atomic E-state index is 12.7. The Hall–Kier alpha value is -1.35. The zero-order valence-electron chi connectivity index (χ0n) is 16.4. The third-order valence-corrected chi connectivity index (χ3v) is 4.59. The molecule has 1 aliphatic heterocycles. The maximum atomic E-state index is 12.7. The van der Waals surface area contributed by atoms with E-state index in [1.54, 1.807) is 0 Å². The van der Waals surface area contributed by atoms with Crippen molar-refractivity contribution in [1.82, 2.24) is 15.5 Å². The van der Waals surface area contributed by atoms with Crippen molar-refractivity contribution in [1.29, 1.82) is 0 Å². The molecule has 0 bridgehead atoms. The van der Waals surface area contributed by atoms with E-state index in [0.29, 0.717) is 25.7 Å². The van der Waals surface area contributed by atoms with Gasteiger partial charge in [-0.1, -0.05) is 12.1 Å². The van der Waals surface area contributed by atoms with Gasteiger partial charge in [0.25, 0.3) is 5.91 Å². The molecule has 0 aromatic heterocycles. The van der Waals surface area contributed by atoms with Crippen molar-refractivity contribution < 1.29 is 9.53 Å². The molecular formula is C20H31IN4O2. The fourth-order valence-corrected chi connectivity index (χ4v) is 3.19. The summed E-state index contributed by atoms with van der Waals surface area (Å²) in [6.07, 6.45) is 2.61. The standard InChI is InChI=1S/C20H30N4O2.HI/c1-4-21-20(23-18-9-10-18)22-11-16-5-7-17(8-6-16)19(25)24-12-14(2)26-15(3)13-24;/h5-8,14-15,18H,4,9-13H2,1-3H3,(H2,21,22,23);1H. The molecule has 1 aromatic rings. The predicted octanol–water partition coefficient (Wildman–Crippen LogP) is 2.77. The predicted molar refractivity (Wildman–Crippen MR) is 119 cm³/mol. The Balaban J connectivity index is 0.00000261. The first kappa shape index (κ1) is 21.9. The van der Waals surface area contributed by atoms with E-state index >= 15 is 0 Å². The highest BCUT2D eigenvalue weighted by Gasteiger charge is 2.26. The average molecular weight is 486 g/mol. The molecule has 6 nitrogen and oxygen atoms in total. The summed E-state index contributed by atoms with van der Waals surface area (Å²) in [5.74, 6) is 0.942. The summed E-state index contributed by atoms with van der Waals surface area (Å²) in [6.45, 7) is 8.83. The van der Waals surface area contributed by atoms with Gasteiger partial charge in [0.2, 0.25) is 0 Å². The molecule has 1 aromatic carbocycles. The van der Waals surface area contributed by atoms with Gasteiger partial charge in [0.1, 0.15) is 0 Å². The van der Waals surface area contributed by atoms with Crippen LogP contribution in [-0.4, -0.2) is 54.7 Å². The second-order valence-corrected chi connectivity index (χ2v) is 7.28.